The number of nitrogens with zero attached hydrogens (tertiary/aromatic N) is 3. The molecule has 9 heteroatoms. The third-order valence-electron chi connectivity index (χ3n) is 4.13. The lowest BCUT2D eigenvalue weighted by molar-refractivity contribution is -0.143. The molecule has 1 aromatic rings. The van der Waals surface area contributed by atoms with Crippen LogP contribution in [0.5, 0.6) is 5.75 Å². The van der Waals surface area contributed by atoms with Crippen LogP contribution < -0.4 is 10.1 Å². The van der Waals surface area contributed by atoms with Crippen molar-refractivity contribution in [1.82, 2.24) is 15.1 Å². The van der Waals surface area contributed by atoms with Crippen molar-refractivity contribution in [3.05, 3.63) is 23.8 Å². The number of aliphatic imine (C=N–C) groups is 1. The average molecular weight is 360 g/mol. The summed E-state index contributed by atoms with van der Waals surface area (Å²) in [5.74, 6) is -0.0701. The van der Waals surface area contributed by atoms with Crippen LogP contribution in [0.4, 0.5) is 5.69 Å². The van der Waals surface area contributed by atoms with Gasteiger partial charge in [-0.1, -0.05) is 0 Å². The molecular formula is C17H20N4O5. The van der Waals surface area contributed by atoms with Crippen molar-refractivity contribution in [3.8, 4) is 5.75 Å². The lowest BCUT2D eigenvalue weighted by atomic mass is 10.1. The predicted octanol–water partition coefficient (Wildman–Crippen LogP) is 0.322. The van der Waals surface area contributed by atoms with Gasteiger partial charge in [0.2, 0.25) is 17.8 Å². The van der Waals surface area contributed by atoms with Gasteiger partial charge >= 0.3 is 5.97 Å². The molecule has 0 aliphatic carbocycles. The maximum atomic E-state index is 11.8. The van der Waals surface area contributed by atoms with E-state index < -0.39 is 5.97 Å². The number of fused-ring (bicyclic) bond motifs is 2. The molecule has 0 radical (unpaired) electrons. The van der Waals surface area contributed by atoms with Crippen LogP contribution in [-0.4, -0.2) is 65.4 Å². The highest BCUT2D eigenvalue weighted by molar-refractivity contribution is 6.05. The van der Waals surface area contributed by atoms with E-state index >= 15 is 0 Å². The number of rotatable bonds is 7. The number of hydrogen-bond donors (Lipinski definition) is 2. The quantitative estimate of drug-likeness (QED) is 0.678. The van der Waals surface area contributed by atoms with Gasteiger partial charge in [0.05, 0.1) is 12.3 Å². The maximum absolute atomic E-state index is 11.8. The molecule has 0 aromatic heterocycles. The van der Waals surface area contributed by atoms with Crippen molar-refractivity contribution < 1.29 is 24.2 Å². The normalized spacial score (nSPS) is 14.9. The van der Waals surface area contributed by atoms with Crippen molar-refractivity contribution >= 4 is 29.4 Å². The highest BCUT2D eigenvalue weighted by Gasteiger charge is 2.29. The van der Waals surface area contributed by atoms with E-state index in [4.69, 9.17) is 9.84 Å². The zero-order valence-electron chi connectivity index (χ0n) is 14.4. The van der Waals surface area contributed by atoms with E-state index in [1.807, 2.05) is 17.0 Å². The zero-order chi connectivity index (χ0) is 18.7. The van der Waals surface area contributed by atoms with Gasteiger partial charge in [-0.15, -0.1) is 0 Å². The Bertz CT molecular complexity index is 776. The van der Waals surface area contributed by atoms with E-state index in [0.717, 1.165) is 11.3 Å². The van der Waals surface area contributed by atoms with Gasteiger partial charge in [0.15, 0.2) is 0 Å². The van der Waals surface area contributed by atoms with Crippen LogP contribution in [0.3, 0.4) is 0 Å². The molecule has 1 aromatic carbocycles. The molecule has 2 N–H and O–H groups in total. The number of nitrogens with one attached hydrogen (secondary N) is 1. The van der Waals surface area contributed by atoms with Gasteiger partial charge in [-0.05, 0) is 24.6 Å². The second-order valence-corrected chi connectivity index (χ2v) is 6.23. The smallest absolute Gasteiger partial charge is 0.323 e. The standard InChI is InChI=1S/C17H20N4O5/c1-20(10-16(24)25)15(23)3-2-6-26-12-4-5-13-11(7-12)8-21-9-14(22)19-17(21)18-13/h4-5,7H,2-3,6,8-10H2,1H3,(H,24,25)(H,18,19,22). The molecule has 0 spiro atoms. The molecule has 0 atom stereocenters. The minimum Gasteiger partial charge on any atom is -0.494 e. The van der Waals surface area contributed by atoms with Gasteiger partial charge < -0.3 is 19.6 Å². The molecule has 2 aliphatic rings. The number of carboxylic acid groups (broad SMARTS) is 1. The summed E-state index contributed by atoms with van der Waals surface area (Å²) in [5.41, 5.74) is 1.77. The number of guanidine groups is 1. The third-order valence-corrected chi connectivity index (χ3v) is 4.13. The number of carboxylic acids is 1. The summed E-state index contributed by atoms with van der Waals surface area (Å²) in [6, 6.07) is 5.52. The Kier molecular flexibility index (Phi) is 5.06. The molecular weight excluding hydrogens is 340 g/mol. The number of hydrogen-bond acceptors (Lipinski definition) is 6. The lowest BCUT2D eigenvalue weighted by Gasteiger charge is -2.23. The summed E-state index contributed by atoms with van der Waals surface area (Å²) < 4.78 is 5.68. The minimum atomic E-state index is -1.04. The Labute approximate surface area is 150 Å². The summed E-state index contributed by atoms with van der Waals surface area (Å²) in [5, 5.41) is 11.4. The number of benzene rings is 1. The number of aliphatic carboxylic acids is 1. The molecule has 1 fully saturated rings. The van der Waals surface area contributed by atoms with Crippen molar-refractivity contribution in [2.75, 3.05) is 26.7 Å². The van der Waals surface area contributed by atoms with Gasteiger partial charge in [0, 0.05) is 25.6 Å². The van der Waals surface area contributed by atoms with Gasteiger partial charge in [0.1, 0.15) is 18.8 Å². The fourth-order valence-corrected chi connectivity index (χ4v) is 2.82. The van der Waals surface area contributed by atoms with Crippen LogP contribution in [0.1, 0.15) is 18.4 Å². The Morgan fingerprint density at radius 1 is 1.38 bits per heavy atom. The highest BCUT2D eigenvalue weighted by atomic mass is 16.5. The molecule has 138 valence electrons. The van der Waals surface area contributed by atoms with Gasteiger partial charge in [-0.3, -0.25) is 19.7 Å². The predicted molar refractivity (Wildman–Crippen MR) is 92.1 cm³/mol. The number of carbonyl (C=O) groups excluding carboxylic acids is 2. The fraction of sp³-hybridized carbons (Fsp3) is 0.412. The molecule has 26 heavy (non-hydrogen) atoms. The molecule has 2 heterocycles. The molecule has 0 saturated carbocycles. The second-order valence-electron chi connectivity index (χ2n) is 6.23. The summed E-state index contributed by atoms with van der Waals surface area (Å²) in [7, 11) is 1.47. The van der Waals surface area contributed by atoms with Crippen LogP contribution >= 0.6 is 0 Å². The number of ether oxygens (including phenoxy) is 1. The largest absolute Gasteiger partial charge is 0.494 e. The first-order chi connectivity index (χ1) is 12.4. The van der Waals surface area contributed by atoms with Gasteiger partial charge in [-0.2, -0.15) is 0 Å². The lowest BCUT2D eigenvalue weighted by Crippen LogP contribution is -2.32. The highest BCUT2D eigenvalue weighted by Crippen LogP contribution is 2.30. The van der Waals surface area contributed by atoms with Crippen LogP contribution in [0.25, 0.3) is 0 Å². The Morgan fingerprint density at radius 3 is 2.96 bits per heavy atom. The molecule has 9 nitrogen and oxygen atoms in total. The van der Waals surface area contributed by atoms with Crippen LogP contribution in [0.2, 0.25) is 0 Å². The molecule has 2 amide bonds. The Morgan fingerprint density at radius 2 is 2.19 bits per heavy atom. The monoisotopic (exact) mass is 360 g/mol. The Balaban J connectivity index is 1.49. The van der Waals surface area contributed by atoms with Crippen LogP contribution in [-0.2, 0) is 20.9 Å². The number of likely N-dealkylation sites (N-methyl/N-ethyl adjacent to an activating group) is 1. The summed E-state index contributed by atoms with van der Waals surface area (Å²) in [4.78, 5) is 41.3. The summed E-state index contributed by atoms with van der Waals surface area (Å²) >= 11 is 0. The SMILES string of the molecule is CN(CC(=O)O)C(=O)CCCOc1ccc2c(c1)CN1CC(=O)NC1=N2. The number of amides is 2. The molecule has 1 saturated heterocycles. The van der Waals surface area contributed by atoms with E-state index in [-0.39, 0.29) is 24.8 Å². The Hall–Kier alpha value is -3.10. The summed E-state index contributed by atoms with van der Waals surface area (Å²) in [6.07, 6.45) is 0.719. The maximum Gasteiger partial charge on any atom is 0.323 e. The average Bonchev–Trinajstić information content (AvgIpc) is 2.94. The van der Waals surface area contributed by atoms with Gasteiger partial charge in [0.25, 0.3) is 0 Å². The van der Waals surface area contributed by atoms with Crippen molar-refractivity contribution in [2.45, 2.75) is 19.4 Å². The first kappa shape index (κ1) is 17.7. The minimum absolute atomic E-state index is 0.0643. The van der Waals surface area contributed by atoms with Crippen molar-refractivity contribution in [1.29, 1.82) is 0 Å². The topological polar surface area (TPSA) is 112 Å². The third kappa shape index (κ3) is 4.11. The van der Waals surface area contributed by atoms with E-state index in [9.17, 15) is 14.4 Å². The number of carbonyl (C=O) groups is 3. The zero-order valence-corrected chi connectivity index (χ0v) is 14.4. The molecule has 2 aliphatic heterocycles. The van der Waals surface area contributed by atoms with E-state index in [1.165, 1.54) is 11.9 Å². The van der Waals surface area contributed by atoms with E-state index in [2.05, 4.69) is 10.3 Å². The first-order valence-corrected chi connectivity index (χ1v) is 8.27. The molecule has 0 unspecified atom stereocenters. The van der Waals surface area contributed by atoms with Gasteiger partial charge in [-0.25, -0.2) is 4.99 Å². The van der Waals surface area contributed by atoms with Crippen molar-refractivity contribution in [2.24, 2.45) is 4.99 Å². The molecule has 0 bridgehead atoms. The summed E-state index contributed by atoms with van der Waals surface area (Å²) in [6.45, 7) is 0.933. The van der Waals surface area contributed by atoms with Crippen LogP contribution in [0, 0.1) is 0 Å². The van der Waals surface area contributed by atoms with E-state index in [1.54, 1.807) is 6.07 Å². The second kappa shape index (κ2) is 7.42. The first-order valence-electron chi connectivity index (χ1n) is 8.27. The van der Waals surface area contributed by atoms with Crippen molar-refractivity contribution in [3.63, 3.8) is 0 Å². The van der Waals surface area contributed by atoms with E-state index in [0.29, 0.717) is 37.8 Å². The van der Waals surface area contributed by atoms with Crippen LogP contribution in [0.15, 0.2) is 23.2 Å². The molecule has 3 rings (SSSR count). The fourth-order valence-electron chi connectivity index (χ4n) is 2.82.